The van der Waals surface area contributed by atoms with E-state index in [9.17, 15) is 0 Å². The highest BCUT2D eigenvalue weighted by Gasteiger charge is 1.93. The molecule has 0 aliphatic heterocycles. The van der Waals surface area contributed by atoms with Gasteiger partial charge in [-0.2, -0.15) is 0 Å². The molecule has 3 nitrogen and oxygen atoms in total. The smallest absolute Gasteiger partial charge is 0.115 e. The third-order valence-electron chi connectivity index (χ3n) is 1.97. The van der Waals surface area contributed by atoms with E-state index >= 15 is 0 Å². The molecule has 4 heteroatoms. The van der Waals surface area contributed by atoms with Gasteiger partial charge in [-0.1, -0.05) is 28.1 Å². The summed E-state index contributed by atoms with van der Waals surface area (Å²) in [6.07, 6.45) is 5.03. The van der Waals surface area contributed by atoms with Crippen LogP contribution in [0.4, 0.5) is 5.69 Å². The van der Waals surface area contributed by atoms with Crippen molar-refractivity contribution in [3.05, 3.63) is 53.0 Å². The molecule has 0 saturated carbocycles. The summed E-state index contributed by atoms with van der Waals surface area (Å²) in [6.45, 7) is 0.778. The van der Waals surface area contributed by atoms with Crippen molar-refractivity contribution in [2.45, 2.75) is 6.54 Å². The highest BCUT2D eigenvalue weighted by atomic mass is 79.9. The van der Waals surface area contributed by atoms with Crippen molar-refractivity contribution in [1.82, 2.24) is 9.97 Å². The summed E-state index contributed by atoms with van der Waals surface area (Å²) in [4.78, 5) is 7.86. The molecule has 0 amide bonds. The molecule has 2 rings (SSSR count). The summed E-state index contributed by atoms with van der Waals surface area (Å²) in [5.41, 5.74) is 2.16. The van der Waals surface area contributed by atoms with Gasteiger partial charge in [-0.25, -0.2) is 9.97 Å². The maximum atomic E-state index is 3.93. The minimum atomic E-state index is 0.778. The Kier molecular flexibility index (Phi) is 3.29. The Morgan fingerprint density at radius 3 is 2.40 bits per heavy atom. The van der Waals surface area contributed by atoms with Crippen LogP contribution in [0.3, 0.4) is 0 Å². The predicted molar refractivity (Wildman–Crippen MR) is 63.5 cm³/mol. The minimum absolute atomic E-state index is 0.778. The molecule has 1 N–H and O–H groups in total. The molecule has 1 aromatic carbocycles. The van der Waals surface area contributed by atoms with Crippen LogP contribution < -0.4 is 5.32 Å². The minimum Gasteiger partial charge on any atom is -0.378 e. The van der Waals surface area contributed by atoms with Crippen molar-refractivity contribution in [2.75, 3.05) is 5.32 Å². The van der Waals surface area contributed by atoms with E-state index in [4.69, 9.17) is 0 Å². The first-order chi connectivity index (χ1) is 7.34. The Balaban J connectivity index is 1.96. The maximum absolute atomic E-state index is 3.93. The van der Waals surface area contributed by atoms with E-state index in [0.29, 0.717) is 0 Å². The summed E-state index contributed by atoms with van der Waals surface area (Å²) >= 11 is 3.40. The molecule has 0 aliphatic rings. The van der Waals surface area contributed by atoms with Crippen LogP contribution in [-0.2, 0) is 6.54 Å². The first-order valence-electron chi connectivity index (χ1n) is 4.58. The summed E-state index contributed by atoms with van der Waals surface area (Å²) in [5, 5.41) is 3.24. The van der Waals surface area contributed by atoms with Gasteiger partial charge in [-0.3, -0.25) is 0 Å². The van der Waals surface area contributed by atoms with Gasteiger partial charge in [-0.15, -0.1) is 0 Å². The second-order valence-corrected chi connectivity index (χ2v) is 4.02. The molecule has 1 aromatic heterocycles. The molecule has 0 unspecified atom stereocenters. The average Bonchev–Trinajstić information content (AvgIpc) is 2.30. The van der Waals surface area contributed by atoms with Crippen molar-refractivity contribution < 1.29 is 0 Å². The normalized spacial score (nSPS) is 9.93. The Morgan fingerprint density at radius 2 is 1.73 bits per heavy atom. The average molecular weight is 264 g/mol. The van der Waals surface area contributed by atoms with Gasteiger partial charge in [0.25, 0.3) is 0 Å². The second-order valence-electron chi connectivity index (χ2n) is 3.11. The molecule has 0 fully saturated rings. The van der Waals surface area contributed by atoms with Gasteiger partial charge < -0.3 is 5.32 Å². The number of nitrogens with one attached hydrogen (secondary N) is 1. The van der Waals surface area contributed by atoms with Crippen molar-refractivity contribution >= 4 is 21.6 Å². The second kappa shape index (κ2) is 4.89. The van der Waals surface area contributed by atoms with Gasteiger partial charge in [0.2, 0.25) is 0 Å². The number of rotatable bonds is 3. The highest BCUT2D eigenvalue weighted by Crippen LogP contribution is 2.11. The number of aromatic nitrogens is 2. The third kappa shape index (κ3) is 3.02. The zero-order valence-electron chi connectivity index (χ0n) is 8.02. The summed E-state index contributed by atoms with van der Waals surface area (Å²) < 4.78 is 1.09. The summed E-state index contributed by atoms with van der Waals surface area (Å²) in [7, 11) is 0. The fourth-order valence-corrected chi connectivity index (χ4v) is 1.46. The lowest BCUT2D eigenvalue weighted by Gasteiger charge is -2.04. The van der Waals surface area contributed by atoms with Crippen LogP contribution in [0.25, 0.3) is 0 Å². The number of hydrogen-bond acceptors (Lipinski definition) is 3. The predicted octanol–water partition coefficient (Wildman–Crippen LogP) is 2.85. The maximum Gasteiger partial charge on any atom is 0.115 e. The van der Waals surface area contributed by atoms with Crippen LogP contribution in [0, 0.1) is 0 Å². The Labute approximate surface area is 96.7 Å². The van der Waals surface area contributed by atoms with Gasteiger partial charge in [0.1, 0.15) is 6.33 Å². The summed E-state index contributed by atoms with van der Waals surface area (Å²) in [5.74, 6) is 0. The van der Waals surface area contributed by atoms with Gasteiger partial charge in [0, 0.05) is 11.0 Å². The van der Waals surface area contributed by atoms with E-state index in [2.05, 4.69) is 43.3 Å². The van der Waals surface area contributed by atoms with Gasteiger partial charge in [0.05, 0.1) is 18.1 Å². The Hall–Kier alpha value is -1.42. The SMILES string of the molecule is Brc1ccc(CNc2cncnc2)cc1. The Bertz CT molecular complexity index is 414. The molecule has 0 bridgehead atoms. The van der Waals surface area contributed by atoms with Crippen LogP contribution in [-0.4, -0.2) is 9.97 Å². The zero-order chi connectivity index (χ0) is 10.5. The van der Waals surface area contributed by atoms with Crippen molar-refractivity contribution in [1.29, 1.82) is 0 Å². The monoisotopic (exact) mass is 263 g/mol. The van der Waals surface area contributed by atoms with Crippen molar-refractivity contribution in [2.24, 2.45) is 0 Å². The Morgan fingerprint density at radius 1 is 1.07 bits per heavy atom. The van der Waals surface area contributed by atoms with E-state index in [0.717, 1.165) is 16.7 Å². The van der Waals surface area contributed by atoms with Crippen molar-refractivity contribution in [3.8, 4) is 0 Å². The number of halogens is 1. The van der Waals surface area contributed by atoms with Crippen LogP contribution in [0.2, 0.25) is 0 Å². The first-order valence-corrected chi connectivity index (χ1v) is 5.37. The van der Waals surface area contributed by atoms with E-state index < -0.39 is 0 Å². The van der Waals surface area contributed by atoms with E-state index in [1.54, 1.807) is 12.4 Å². The molecule has 15 heavy (non-hydrogen) atoms. The topological polar surface area (TPSA) is 37.8 Å². The van der Waals surface area contributed by atoms with E-state index in [1.165, 1.54) is 11.9 Å². The molecular weight excluding hydrogens is 254 g/mol. The lowest BCUT2D eigenvalue weighted by Crippen LogP contribution is -1.99. The number of anilines is 1. The fraction of sp³-hybridized carbons (Fsp3) is 0.0909. The molecule has 0 spiro atoms. The quantitative estimate of drug-likeness (QED) is 0.926. The standard InChI is InChI=1S/C11H10BrN3/c12-10-3-1-9(2-4-10)5-15-11-6-13-8-14-7-11/h1-4,6-8,15H,5H2. The van der Waals surface area contributed by atoms with E-state index in [-0.39, 0.29) is 0 Å². The number of nitrogens with zero attached hydrogens (tertiary/aromatic N) is 2. The highest BCUT2D eigenvalue weighted by molar-refractivity contribution is 9.10. The molecule has 76 valence electrons. The first kappa shape index (κ1) is 10.1. The van der Waals surface area contributed by atoms with Gasteiger partial charge >= 0.3 is 0 Å². The third-order valence-corrected chi connectivity index (χ3v) is 2.50. The lowest BCUT2D eigenvalue weighted by atomic mass is 10.2. The molecule has 0 atom stereocenters. The molecule has 0 radical (unpaired) electrons. The largest absolute Gasteiger partial charge is 0.378 e. The van der Waals surface area contributed by atoms with Crippen LogP contribution in [0.15, 0.2) is 47.5 Å². The molecule has 1 heterocycles. The molecule has 0 aliphatic carbocycles. The number of hydrogen-bond donors (Lipinski definition) is 1. The van der Waals surface area contributed by atoms with Gasteiger partial charge in [-0.05, 0) is 17.7 Å². The van der Waals surface area contributed by atoms with Crippen LogP contribution >= 0.6 is 15.9 Å². The van der Waals surface area contributed by atoms with Gasteiger partial charge in [0.15, 0.2) is 0 Å². The van der Waals surface area contributed by atoms with E-state index in [1.807, 2.05) is 12.1 Å². The molecule has 0 saturated heterocycles. The lowest BCUT2D eigenvalue weighted by molar-refractivity contribution is 1.10. The van der Waals surface area contributed by atoms with Crippen LogP contribution in [0.5, 0.6) is 0 Å². The van der Waals surface area contributed by atoms with Crippen molar-refractivity contribution in [3.63, 3.8) is 0 Å². The van der Waals surface area contributed by atoms with Crippen LogP contribution in [0.1, 0.15) is 5.56 Å². The number of benzene rings is 1. The molecule has 2 aromatic rings. The zero-order valence-corrected chi connectivity index (χ0v) is 9.61. The fourth-order valence-electron chi connectivity index (χ4n) is 1.20. The molecular formula is C11H10BrN3. The summed E-state index contributed by atoms with van der Waals surface area (Å²) in [6, 6.07) is 8.19.